The summed E-state index contributed by atoms with van der Waals surface area (Å²) in [6, 6.07) is 0.0256. The summed E-state index contributed by atoms with van der Waals surface area (Å²) in [6.07, 6.45) is 3.17. The van der Waals surface area contributed by atoms with Crippen LogP contribution in [0.15, 0.2) is 0 Å². The molecular formula is C14H25N3O3. The molecule has 1 unspecified atom stereocenters. The summed E-state index contributed by atoms with van der Waals surface area (Å²) in [5.41, 5.74) is 0. The van der Waals surface area contributed by atoms with E-state index in [9.17, 15) is 9.59 Å². The van der Waals surface area contributed by atoms with E-state index in [1.807, 2.05) is 4.90 Å². The van der Waals surface area contributed by atoms with Crippen molar-refractivity contribution in [2.45, 2.75) is 31.7 Å². The molecule has 0 radical (unpaired) electrons. The van der Waals surface area contributed by atoms with Crippen molar-refractivity contribution in [3.8, 4) is 0 Å². The molecule has 0 spiro atoms. The SMILES string of the molecule is CN1CCN(C(=O)CN2CCCCC2CC(=O)O)CC1. The third-order valence-electron chi connectivity index (χ3n) is 4.35. The fraction of sp³-hybridized carbons (Fsp3) is 0.857. The maximum absolute atomic E-state index is 12.3. The molecule has 0 aromatic carbocycles. The minimum absolute atomic E-state index is 0.0256. The average Bonchev–Trinajstić information content (AvgIpc) is 2.41. The van der Waals surface area contributed by atoms with Gasteiger partial charge in [0.05, 0.1) is 13.0 Å². The molecule has 6 nitrogen and oxygen atoms in total. The molecule has 2 rings (SSSR count). The number of carbonyl (C=O) groups is 2. The van der Waals surface area contributed by atoms with Crippen LogP contribution >= 0.6 is 0 Å². The second-order valence-corrected chi connectivity index (χ2v) is 5.90. The Morgan fingerprint density at radius 3 is 2.45 bits per heavy atom. The zero-order valence-corrected chi connectivity index (χ0v) is 12.3. The summed E-state index contributed by atoms with van der Waals surface area (Å²) in [7, 11) is 2.06. The van der Waals surface area contributed by atoms with E-state index in [1.165, 1.54) is 0 Å². The zero-order chi connectivity index (χ0) is 14.5. The van der Waals surface area contributed by atoms with Crippen molar-refractivity contribution in [3.05, 3.63) is 0 Å². The first-order valence-corrected chi connectivity index (χ1v) is 7.48. The smallest absolute Gasteiger partial charge is 0.304 e. The first-order chi connectivity index (χ1) is 9.56. The minimum Gasteiger partial charge on any atom is -0.481 e. The molecule has 1 amide bonds. The second kappa shape index (κ2) is 7.04. The number of likely N-dealkylation sites (N-methyl/N-ethyl adjacent to an activating group) is 1. The normalized spacial score (nSPS) is 25.6. The number of aliphatic carboxylic acids is 1. The lowest BCUT2D eigenvalue weighted by Crippen LogP contribution is -2.52. The highest BCUT2D eigenvalue weighted by atomic mass is 16.4. The summed E-state index contributed by atoms with van der Waals surface area (Å²) in [6.45, 7) is 4.63. The molecule has 0 aliphatic carbocycles. The maximum Gasteiger partial charge on any atom is 0.304 e. The Kier molecular flexibility index (Phi) is 5.37. The van der Waals surface area contributed by atoms with E-state index in [0.29, 0.717) is 6.54 Å². The van der Waals surface area contributed by atoms with E-state index in [0.717, 1.165) is 52.0 Å². The van der Waals surface area contributed by atoms with Gasteiger partial charge in [0.2, 0.25) is 5.91 Å². The van der Waals surface area contributed by atoms with E-state index in [-0.39, 0.29) is 18.4 Å². The number of rotatable bonds is 4. The van der Waals surface area contributed by atoms with Crippen molar-refractivity contribution in [3.63, 3.8) is 0 Å². The Morgan fingerprint density at radius 1 is 1.10 bits per heavy atom. The quantitative estimate of drug-likeness (QED) is 0.792. The summed E-state index contributed by atoms with van der Waals surface area (Å²) < 4.78 is 0. The van der Waals surface area contributed by atoms with Crippen molar-refractivity contribution in [2.24, 2.45) is 0 Å². The Labute approximate surface area is 120 Å². The average molecular weight is 283 g/mol. The van der Waals surface area contributed by atoms with Crippen LogP contribution in [0.2, 0.25) is 0 Å². The number of hydrogen-bond donors (Lipinski definition) is 1. The number of carboxylic acid groups (broad SMARTS) is 1. The van der Waals surface area contributed by atoms with Gasteiger partial charge in [-0.25, -0.2) is 0 Å². The highest BCUT2D eigenvalue weighted by Gasteiger charge is 2.28. The van der Waals surface area contributed by atoms with E-state index in [4.69, 9.17) is 5.11 Å². The van der Waals surface area contributed by atoms with Crippen LogP contribution in [0.4, 0.5) is 0 Å². The van der Waals surface area contributed by atoms with Gasteiger partial charge in [-0.15, -0.1) is 0 Å². The van der Waals surface area contributed by atoms with Crippen LogP contribution in [-0.2, 0) is 9.59 Å². The highest BCUT2D eigenvalue weighted by Crippen LogP contribution is 2.19. The topological polar surface area (TPSA) is 64.1 Å². The number of hydrogen-bond acceptors (Lipinski definition) is 4. The largest absolute Gasteiger partial charge is 0.481 e. The van der Waals surface area contributed by atoms with Crippen LogP contribution in [0.5, 0.6) is 0 Å². The fourth-order valence-electron chi connectivity index (χ4n) is 3.03. The molecule has 0 aromatic heterocycles. The maximum atomic E-state index is 12.3. The Bertz CT molecular complexity index is 354. The van der Waals surface area contributed by atoms with Crippen molar-refractivity contribution in [1.29, 1.82) is 0 Å². The first kappa shape index (κ1) is 15.3. The number of amides is 1. The monoisotopic (exact) mass is 283 g/mol. The molecule has 2 saturated heterocycles. The molecule has 0 saturated carbocycles. The van der Waals surface area contributed by atoms with Gasteiger partial charge >= 0.3 is 5.97 Å². The van der Waals surface area contributed by atoms with Crippen molar-refractivity contribution < 1.29 is 14.7 Å². The Balaban J connectivity index is 1.86. The lowest BCUT2D eigenvalue weighted by molar-refractivity contribution is -0.141. The van der Waals surface area contributed by atoms with Gasteiger partial charge in [0.25, 0.3) is 0 Å². The van der Waals surface area contributed by atoms with Crippen LogP contribution in [-0.4, -0.2) is 84.0 Å². The Hall–Kier alpha value is -1.14. The highest BCUT2D eigenvalue weighted by molar-refractivity contribution is 5.78. The summed E-state index contributed by atoms with van der Waals surface area (Å²) in [5, 5.41) is 8.97. The van der Waals surface area contributed by atoms with Gasteiger partial charge in [0.1, 0.15) is 0 Å². The Morgan fingerprint density at radius 2 is 1.80 bits per heavy atom. The molecule has 0 bridgehead atoms. The molecular weight excluding hydrogens is 258 g/mol. The number of piperidine rings is 1. The van der Waals surface area contributed by atoms with Gasteiger partial charge in [-0.05, 0) is 26.4 Å². The number of likely N-dealkylation sites (tertiary alicyclic amines) is 1. The summed E-state index contributed by atoms with van der Waals surface area (Å²) >= 11 is 0. The van der Waals surface area contributed by atoms with Crippen LogP contribution in [0, 0.1) is 0 Å². The predicted octanol–water partition coefficient (Wildman–Crippen LogP) is 0.0896. The minimum atomic E-state index is -0.769. The number of piperazine rings is 1. The molecule has 2 aliphatic heterocycles. The number of carboxylic acids is 1. The molecule has 114 valence electrons. The van der Waals surface area contributed by atoms with Gasteiger partial charge in [-0.1, -0.05) is 6.42 Å². The van der Waals surface area contributed by atoms with Crippen LogP contribution < -0.4 is 0 Å². The molecule has 0 aromatic rings. The van der Waals surface area contributed by atoms with E-state index < -0.39 is 5.97 Å². The molecule has 2 fully saturated rings. The molecule has 2 heterocycles. The van der Waals surface area contributed by atoms with Gasteiger partial charge in [-0.2, -0.15) is 0 Å². The van der Waals surface area contributed by atoms with E-state index in [2.05, 4.69) is 16.8 Å². The van der Waals surface area contributed by atoms with Crippen LogP contribution in [0.3, 0.4) is 0 Å². The van der Waals surface area contributed by atoms with E-state index in [1.54, 1.807) is 0 Å². The summed E-state index contributed by atoms with van der Waals surface area (Å²) in [5.74, 6) is -0.621. The molecule has 20 heavy (non-hydrogen) atoms. The molecule has 1 N–H and O–H groups in total. The summed E-state index contributed by atoms with van der Waals surface area (Å²) in [4.78, 5) is 29.4. The molecule has 1 atom stereocenters. The predicted molar refractivity (Wildman–Crippen MR) is 75.5 cm³/mol. The van der Waals surface area contributed by atoms with Crippen LogP contribution in [0.25, 0.3) is 0 Å². The zero-order valence-electron chi connectivity index (χ0n) is 12.3. The lowest BCUT2D eigenvalue weighted by Gasteiger charge is -2.37. The molecule has 2 aliphatic rings. The lowest BCUT2D eigenvalue weighted by atomic mass is 9.99. The second-order valence-electron chi connectivity index (χ2n) is 5.90. The van der Waals surface area contributed by atoms with E-state index >= 15 is 0 Å². The first-order valence-electron chi connectivity index (χ1n) is 7.48. The van der Waals surface area contributed by atoms with Gasteiger partial charge in [0, 0.05) is 32.2 Å². The number of nitrogens with zero attached hydrogens (tertiary/aromatic N) is 3. The van der Waals surface area contributed by atoms with Crippen molar-refractivity contribution in [1.82, 2.24) is 14.7 Å². The van der Waals surface area contributed by atoms with Crippen molar-refractivity contribution in [2.75, 3.05) is 46.3 Å². The third kappa shape index (κ3) is 4.18. The fourth-order valence-corrected chi connectivity index (χ4v) is 3.03. The number of carbonyl (C=O) groups excluding carboxylic acids is 1. The van der Waals surface area contributed by atoms with Crippen LogP contribution in [0.1, 0.15) is 25.7 Å². The third-order valence-corrected chi connectivity index (χ3v) is 4.35. The van der Waals surface area contributed by atoms with Gasteiger partial charge < -0.3 is 14.9 Å². The van der Waals surface area contributed by atoms with Gasteiger partial charge in [-0.3, -0.25) is 14.5 Å². The molecule has 6 heteroatoms. The van der Waals surface area contributed by atoms with Gasteiger partial charge in [0.15, 0.2) is 0 Å². The van der Waals surface area contributed by atoms with Crippen molar-refractivity contribution >= 4 is 11.9 Å². The standard InChI is InChI=1S/C14H25N3O3/c1-15-6-8-16(9-7-15)13(18)11-17-5-3-2-4-12(17)10-14(19)20/h12H,2-11H2,1H3,(H,19,20).